The van der Waals surface area contributed by atoms with Gasteiger partial charge >= 0.3 is 0 Å². The summed E-state index contributed by atoms with van der Waals surface area (Å²) in [4.78, 5) is 0. The average Bonchev–Trinajstić information content (AvgIpc) is 2.67. The smallest absolute Gasteiger partial charge is 0.118 e. The number of hydrogen-bond acceptors (Lipinski definition) is 2. The third kappa shape index (κ3) is 10.8. The van der Waals surface area contributed by atoms with Crippen molar-refractivity contribution in [2.75, 3.05) is 5.75 Å². The molecule has 0 bridgehead atoms. The first-order chi connectivity index (χ1) is 13.8. The van der Waals surface area contributed by atoms with Crippen LogP contribution in [0.25, 0.3) is 0 Å². The standard InChI is InChI=1S/C27H48OS/c1-7-9-10-11-12-17-24(27(4,5)6)18-13-14-20-29-25(8-2)21-23-16-15-19-26(28)22(23)3/h15-16,19,24-25,28H,7-14,17-18,20-21H2,1-6H3. The number of thioether (sulfide) groups is 1. The Balaban J connectivity index is 2.33. The second-order valence-corrected chi connectivity index (χ2v) is 11.3. The molecule has 0 saturated carbocycles. The summed E-state index contributed by atoms with van der Waals surface area (Å²) in [5.74, 6) is 2.57. The van der Waals surface area contributed by atoms with Crippen molar-refractivity contribution in [1.29, 1.82) is 0 Å². The second-order valence-electron chi connectivity index (χ2n) is 9.93. The van der Waals surface area contributed by atoms with Crippen LogP contribution in [-0.2, 0) is 6.42 Å². The lowest BCUT2D eigenvalue weighted by Gasteiger charge is -2.31. The first kappa shape index (κ1) is 26.4. The highest BCUT2D eigenvalue weighted by atomic mass is 32.2. The Morgan fingerprint density at radius 3 is 2.21 bits per heavy atom. The second kappa shape index (κ2) is 14.4. The van der Waals surface area contributed by atoms with Crippen molar-refractivity contribution in [1.82, 2.24) is 0 Å². The molecule has 0 aliphatic carbocycles. The van der Waals surface area contributed by atoms with E-state index in [9.17, 15) is 5.11 Å². The van der Waals surface area contributed by atoms with Crippen molar-refractivity contribution in [2.45, 2.75) is 117 Å². The van der Waals surface area contributed by atoms with Crippen LogP contribution in [0.4, 0.5) is 0 Å². The Morgan fingerprint density at radius 1 is 0.931 bits per heavy atom. The minimum absolute atomic E-state index is 0.435. The maximum absolute atomic E-state index is 9.95. The van der Waals surface area contributed by atoms with E-state index in [-0.39, 0.29) is 0 Å². The minimum Gasteiger partial charge on any atom is -0.508 e. The molecule has 1 aromatic rings. The zero-order chi connectivity index (χ0) is 21.7. The highest BCUT2D eigenvalue weighted by Gasteiger charge is 2.23. The van der Waals surface area contributed by atoms with Gasteiger partial charge in [0.2, 0.25) is 0 Å². The van der Waals surface area contributed by atoms with Crippen LogP contribution in [0.1, 0.15) is 110 Å². The molecule has 0 heterocycles. The van der Waals surface area contributed by atoms with Crippen LogP contribution in [0.15, 0.2) is 18.2 Å². The van der Waals surface area contributed by atoms with Crippen molar-refractivity contribution in [3.8, 4) is 5.75 Å². The number of aromatic hydroxyl groups is 1. The van der Waals surface area contributed by atoms with Crippen molar-refractivity contribution >= 4 is 11.8 Å². The predicted octanol–water partition coefficient (Wildman–Crippen LogP) is 8.95. The van der Waals surface area contributed by atoms with E-state index < -0.39 is 0 Å². The molecule has 0 aliphatic rings. The zero-order valence-electron chi connectivity index (χ0n) is 20.2. The molecule has 0 aromatic heterocycles. The molecule has 1 N–H and O–H groups in total. The molecule has 0 spiro atoms. The maximum atomic E-state index is 9.95. The Morgan fingerprint density at radius 2 is 1.59 bits per heavy atom. The first-order valence-corrected chi connectivity index (χ1v) is 13.2. The number of hydrogen-bond donors (Lipinski definition) is 1. The first-order valence-electron chi connectivity index (χ1n) is 12.2. The molecule has 29 heavy (non-hydrogen) atoms. The van der Waals surface area contributed by atoms with Crippen LogP contribution in [0.2, 0.25) is 0 Å². The summed E-state index contributed by atoms with van der Waals surface area (Å²) in [6.07, 6.45) is 14.8. The largest absolute Gasteiger partial charge is 0.508 e. The van der Waals surface area contributed by atoms with Gasteiger partial charge in [-0.1, -0.05) is 85.3 Å². The number of rotatable bonds is 15. The topological polar surface area (TPSA) is 20.2 Å². The van der Waals surface area contributed by atoms with E-state index in [0.29, 0.717) is 16.4 Å². The number of phenols is 1. The Bertz CT molecular complexity index is 546. The van der Waals surface area contributed by atoms with E-state index >= 15 is 0 Å². The van der Waals surface area contributed by atoms with Crippen molar-refractivity contribution in [2.24, 2.45) is 11.3 Å². The van der Waals surface area contributed by atoms with Gasteiger partial charge in [-0.25, -0.2) is 0 Å². The fourth-order valence-electron chi connectivity index (χ4n) is 4.20. The predicted molar refractivity (Wildman–Crippen MR) is 133 cm³/mol. The quantitative estimate of drug-likeness (QED) is 0.286. The normalized spacial score (nSPS) is 14.1. The molecule has 168 valence electrons. The van der Waals surface area contributed by atoms with E-state index in [1.54, 1.807) is 6.07 Å². The van der Waals surface area contributed by atoms with Crippen LogP contribution in [-0.4, -0.2) is 16.1 Å². The molecule has 0 aliphatic heterocycles. The Hall–Kier alpha value is -0.630. The fraction of sp³-hybridized carbons (Fsp3) is 0.778. The van der Waals surface area contributed by atoms with Crippen LogP contribution in [0, 0.1) is 18.3 Å². The molecule has 2 atom stereocenters. The third-order valence-corrected chi connectivity index (χ3v) is 8.00. The molecule has 1 aromatic carbocycles. The summed E-state index contributed by atoms with van der Waals surface area (Å²) in [5.41, 5.74) is 2.80. The Kier molecular flexibility index (Phi) is 13.1. The summed E-state index contributed by atoms with van der Waals surface area (Å²) in [7, 11) is 0. The van der Waals surface area contributed by atoms with Gasteiger partial charge in [-0.3, -0.25) is 0 Å². The molecule has 0 amide bonds. The van der Waals surface area contributed by atoms with Crippen LogP contribution in [0.5, 0.6) is 5.75 Å². The minimum atomic E-state index is 0.435. The fourth-order valence-corrected chi connectivity index (χ4v) is 5.44. The third-order valence-electron chi connectivity index (χ3n) is 6.50. The highest BCUT2D eigenvalue weighted by molar-refractivity contribution is 7.99. The molecule has 2 unspecified atom stereocenters. The van der Waals surface area contributed by atoms with Gasteiger partial charge in [-0.2, -0.15) is 11.8 Å². The molecule has 1 nitrogen and oxygen atoms in total. The average molecular weight is 421 g/mol. The van der Waals surface area contributed by atoms with Gasteiger partial charge < -0.3 is 5.11 Å². The van der Waals surface area contributed by atoms with Crippen LogP contribution in [0.3, 0.4) is 0 Å². The SMILES string of the molecule is CCCCCCCC(CCCCSC(CC)Cc1cccc(O)c1C)C(C)(C)C. The van der Waals surface area contributed by atoms with Gasteiger partial charge in [0.25, 0.3) is 0 Å². The molecular formula is C27H48OS. The van der Waals surface area contributed by atoms with Gasteiger partial charge in [0.05, 0.1) is 0 Å². The van der Waals surface area contributed by atoms with E-state index in [1.165, 1.54) is 75.5 Å². The summed E-state index contributed by atoms with van der Waals surface area (Å²) in [6, 6.07) is 5.94. The highest BCUT2D eigenvalue weighted by Crippen LogP contribution is 2.35. The van der Waals surface area contributed by atoms with Crippen molar-refractivity contribution in [3.63, 3.8) is 0 Å². The Labute approximate surface area is 186 Å². The number of benzene rings is 1. The summed E-state index contributed by atoms with van der Waals surface area (Å²) < 4.78 is 0. The van der Waals surface area contributed by atoms with Gasteiger partial charge in [-0.05, 0) is 73.3 Å². The van der Waals surface area contributed by atoms with Gasteiger partial charge in [0.1, 0.15) is 5.75 Å². The molecule has 0 radical (unpaired) electrons. The number of unbranched alkanes of at least 4 members (excludes halogenated alkanes) is 5. The molecule has 2 heteroatoms. The summed E-state index contributed by atoms with van der Waals surface area (Å²) in [6.45, 7) is 13.9. The van der Waals surface area contributed by atoms with Gasteiger partial charge in [0, 0.05) is 5.25 Å². The lowest BCUT2D eigenvalue weighted by atomic mass is 9.75. The summed E-state index contributed by atoms with van der Waals surface area (Å²) in [5, 5.41) is 10.6. The van der Waals surface area contributed by atoms with E-state index in [1.807, 2.05) is 13.0 Å². The van der Waals surface area contributed by atoms with Gasteiger partial charge in [0.15, 0.2) is 0 Å². The van der Waals surface area contributed by atoms with E-state index in [4.69, 9.17) is 0 Å². The molecule has 0 fully saturated rings. The molecule has 0 saturated heterocycles. The van der Waals surface area contributed by atoms with E-state index in [0.717, 1.165) is 17.9 Å². The monoisotopic (exact) mass is 420 g/mol. The lowest BCUT2D eigenvalue weighted by Crippen LogP contribution is -2.20. The molecule has 1 rings (SSSR count). The zero-order valence-corrected chi connectivity index (χ0v) is 21.0. The van der Waals surface area contributed by atoms with E-state index in [2.05, 4.69) is 52.4 Å². The molecular weight excluding hydrogens is 372 g/mol. The lowest BCUT2D eigenvalue weighted by molar-refractivity contribution is 0.202. The number of phenolic OH excluding ortho intramolecular Hbond substituents is 1. The van der Waals surface area contributed by atoms with Crippen molar-refractivity contribution in [3.05, 3.63) is 29.3 Å². The van der Waals surface area contributed by atoms with Crippen LogP contribution >= 0.6 is 11.8 Å². The summed E-state index contributed by atoms with van der Waals surface area (Å²) >= 11 is 2.14. The van der Waals surface area contributed by atoms with Crippen molar-refractivity contribution < 1.29 is 5.11 Å². The maximum Gasteiger partial charge on any atom is 0.118 e. The van der Waals surface area contributed by atoms with Crippen LogP contribution < -0.4 is 0 Å². The van der Waals surface area contributed by atoms with Gasteiger partial charge in [-0.15, -0.1) is 0 Å².